The summed E-state index contributed by atoms with van der Waals surface area (Å²) >= 11 is 1.51. The van der Waals surface area contributed by atoms with E-state index in [0.717, 1.165) is 52.4 Å². The number of nitrogens with zero attached hydrogens (tertiary/aromatic N) is 5. The first-order chi connectivity index (χ1) is 16.1. The van der Waals surface area contributed by atoms with Crippen LogP contribution < -0.4 is 15.5 Å². The molecule has 8 nitrogen and oxygen atoms in total. The van der Waals surface area contributed by atoms with Gasteiger partial charge in [0.15, 0.2) is 0 Å². The van der Waals surface area contributed by atoms with E-state index in [4.69, 9.17) is 4.98 Å². The van der Waals surface area contributed by atoms with Crippen molar-refractivity contribution in [1.29, 1.82) is 0 Å². The van der Waals surface area contributed by atoms with Crippen LogP contribution in [0.5, 0.6) is 0 Å². The molecule has 172 valence electrons. The van der Waals surface area contributed by atoms with Crippen LogP contribution >= 0.6 is 11.3 Å². The first-order valence-electron chi connectivity index (χ1n) is 11.8. The lowest BCUT2D eigenvalue weighted by Gasteiger charge is -2.29. The predicted octanol–water partition coefficient (Wildman–Crippen LogP) is 3.74. The fraction of sp³-hybridized carbons (Fsp3) is 0.500. The molecule has 3 aliphatic rings. The topological polar surface area (TPSA) is 86.3 Å². The molecular formula is C24H29N7OS. The van der Waals surface area contributed by atoms with Gasteiger partial charge in [0.05, 0.1) is 33.2 Å². The third kappa shape index (κ3) is 3.73. The van der Waals surface area contributed by atoms with Gasteiger partial charge in [0, 0.05) is 44.8 Å². The van der Waals surface area contributed by atoms with Gasteiger partial charge in [-0.15, -0.1) is 11.3 Å². The van der Waals surface area contributed by atoms with Gasteiger partial charge >= 0.3 is 0 Å². The lowest BCUT2D eigenvalue weighted by atomic mass is 9.96. The summed E-state index contributed by atoms with van der Waals surface area (Å²) in [6, 6.07) is 5.30. The molecule has 3 aromatic heterocycles. The number of carbonyl (C=O) groups excluding carboxylic acids is 1. The summed E-state index contributed by atoms with van der Waals surface area (Å²) in [5.41, 5.74) is 3.18. The van der Waals surface area contributed by atoms with E-state index in [1.807, 2.05) is 32.6 Å². The third-order valence-corrected chi connectivity index (χ3v) is 8.32. The second-order valence-electron chi connectivity index (χ2n) is 9.61. The number of carbonyl (C=O) groups is 1. The fourth-order valence-electron chi connectivity index (χ4n) is 5.55. The molecule has 3 aromatic rings. The van der Waals surface area contributed by atoms with Crippen LogP contribution in [0, 0.1) is 0 Å². The third-order valence-electron chi connectivity index (χ3n) is 7.21. The maximum Gasteiger partial charge on any atom is 0.263 e. The lowest BCUT2D eigenvalue weighted by Crippen LogP contribution is -2.43. The molecule has 2 N–H and O–H groups in total. The van der Waals surface area contributed by atoms with E-state index in [-0.39, 0.29) is 5.91 Å². The highest BCUT2D eigenvalue weighted by atomic mass is 32.1. The molecule has 9 heteroatoms. The summed E-state index contributed by atoms with van der Waals surface area (Å²) in [5.74, 6) is 1.69. The molecule has 2 atom stereocenters. The SMILES string of the molecule is CN(C)C(=O)c1sc2cnc(Nc3ccc(N4C[C@H]5CC4CN5)cn3)nc2c1C1CCCC1. The van der Waals surface area contributed by atoms with Gasteiger partial charge < -0.3 is 20.4 Å². The maximum atomic E-state index is 12.9. The van der Waals surface area contributed by atoms with Crippen molar-refractivity contribution in [3.8, 4) is 0 Å². The molecular weight excluding hydrogens is 434 g/mol. The zero-order chi connectivity index (χ0) is 22.5. The summed E-state index contributed by atoms with van der Waals surface area (Å²) in [4.78, 5) is 31.8. The Hall–Kier alpha value is -2.78. The number of thiophene rings is 1. The van der Waals surface area contributed by atoms with Gasteiger partial charge in [0.25, 0.3) is 5.91 Å². The van der Waals surface area contributed by atoms with E-state index < -0.39 is 0 Å². The Morgan fingerprint density at radius 1 is 1.21 bits per heavy atom. The summed E-state index contributed by atoms with van der Waals surface area (Å²) in [7, 11) is 3.62. The fourth-order valence-corrected chi connectivity index (χ4v) is 6.77. The van der Waals surface area contributed by atoms with Crippen molar-refractivity contribution in [3.05, 3.63) is 35.0 Å². The number of hydrogen-bond donors (Lipinski definition) is 2. The van der Waals surface area contributed by atoms with E-state index in [2.05, 4.69) is 31.6 Å². The predicted molar refractivity (Wildman–Crippen MR) is 132 cm³/mol. The van der Waals surface area contributed by atoms with E-state index >= 15 is 0 Å². The molecule has 1 amide bonds. The molecule has 1 unspecified atom stereocenters. The smallest absolute Gasteiger partial charge is 0.263 e. The van der Waals surface area contributed by atoms with Gasteiger partial charge in [-0.2, -0.15) is 0 Å². The number of anilines is 3. The molecule has 1 aliphatic carbocycles. The number of rotatable bonds is 5. The van der Waals surface area contributed by atoms with Crippen LogP contribution in [0.2, 0.25) is 0 Å². The van der Waals surface area contributed by atoms with Crippen molar-refractivity contribution in [2.45, 2.75) is 50.1 Å². The van der Waals surface area contributed by atoms with Crippen LogP contribution in [0.3, 0.4) is 0 Å². The quantitative estimate of drug-likeness (QED) is 0.596. The van der Waals surface area contributed by atoms with Crippen molar-refractivity contribution < 1.29 is 4.79 Å². The highest BCUT2D eigenvalue weighted by Gasteiger charge is 2.37. The molecule has 0 radical (unpaired) electrons. The van der Waals surface area contributed by atoms with E-state index in [0.29, 0.717) is 23.9 Å². The number of nitrogens with one attached hydrogen (secondary N) is 2. The van der Waals surface area contributed by atoms with Crippen LogP contribution in [-0.2, 0) is 0 Å². The summed E-state index contributed by atoms with van der Waals surface area (Å²) in [6.45, 7) is 2.11. The first-order valence-corrected chi connectivity index (χ1v) is 12.6. The number of pyridine rings is 1. The van der Waals surface area contributed by atoms with Gasteiger partial charge in [0.2, 0.25) is 5.95 Å². The van der Waals surface area contributed by atoms with Crippen molar-refractivity contribution in [3.63, 3.8) is 0 Å². The molecule has 1 saturated carbocycles. The Kier molecular flexibility index (Phi) is 5.18. The molecule has 3 fully saturated rings. The monoisotopic (exact) mass is 463 g/mol. The highest BCUT2D eigenvalue weighted by molar-refractivity contribution is 7.21. The van der Waals surface area contributed by atoms with Crippen LogP contribution in [-0.4, -0.2) is 65.0 Å². The minimum absolute atomic E-state index is 0.0532. The molecule has 2 saturated heterocycles. The van der Waals surface area contributed by atoms with Gasteiger partial charge in [-0.3, -0.25) is 4.79 Å². The van der Waals surface area contributed by atoms with Crippen molar-refractivity contribution >= 4 is 44.9 Å². The molecule has 2 aliphatic heterocycles. The minimum atomic E-state index is 0.0532. The largest absolute Gasteiger partial charge is 0.364 e. The van der Waals surface area contributed by atoms with Crippen LogP contribution in [0.25, 0.3) is 10.2 Å². The number of amides is 1. The molecule has 2 bridgehead atoms. The Morgan fingerprint density at radius 2 is 2.06 bits per heavy atom. The normalized spacial score (nSPS) is 22.4. The highest BCUT2D eigenvalue weighted by Crippen LogP contribution is 2.43. The van der Waals surface area contributed by atoms with E-state index in [1.54, 1.807) is 4.90 Å². The number of piperazine rings is 1. The Labute approximate surface area is 197 Å². The van der Waals surface area contributed by atoms with Crippen LogP contribution in [0.4, 0.5) is 17.5 Å². The Bertz CT molecular complexity index is 1190. The summed E-state index contributed by atoms with van der Waals surface area (Å²) < 4.78 is 0.966. The van der Waals surface area contributed by atoms with E-state index in [1.165, 1.54) is 36.3 Å². The molecule has 0 spiro atoms. The van der Waals surface area contributed by atoms with Gasteiger partial charge in [-0.05, 0) is 37.3 Å². The molecule has 6 rings (SSSR count). The summed E-state index contributed by atoms with van der Waals surface area (Å²) in [5, 5.41) is 6.81. The second-order valence-corrected chi connectivity index (χ2v) is 10.7. The average molecular weight is 464 g/mol. The molecule has 33 heavy (non-hydrogen) atoms. The number of fused-ring (bicyclic) bond motifs is 3. The average Bonchev–Trinajstić information content (AvgIpc) is 3.62. The standard InChI is InChI=1S/C24H29N7OS/c1-30(2)23(32)22-20(14-5-3-4-6-14)21-18(33-22)12-27-24(29-21)28-19-8-7-16(10-26-19)31-13-15-9-17(31)11-25-15/h7-8,10,12,14-15,17,25H,3-6,9,11,13H2,1-2H3,(H,26,27,28,29)/t15-,17?/m1/s1. The van der Waals surface area contributed by atoms with Crippen molar-refractivity contribution in [2.75, 3.05) is 37.4 Å². The Balaban J connectivity index is 1.28. The molecule has 0 aromatic carbocycles. The zero-order valence-corrected chi connectivity index (χ0v) is 19.9. The Morgan fingerprint density at radius 3 is 2.73 bits per heavy atom. The first kappa shape index (κ1) is 20.8. The maximum absolute atomic E-state index is 12.9. The second kappa shape index (κ2) is 8.22. The van der Waals surface area contributed by atoms with Crippen molar-refractivity contribution in [2.24, 2.45) is 0 Å². The van der Waals surface area contributed by atoms with Crippen LogP contribution in [0.15, 0.2) is 24.5 Å². The number of aromatic nitrogens is 3. The zero-order valence-electron chi connectivity index (χ0n) is 19.0. The minimum Gasteiger partial charge on any atom is -0.364 e. The summed E-state index contributed by atoms with van der Waals surface area (Å²) in [6.07, 6.45) is 9.63. The molecule has 5 heterocycles. The van der Waals surface area contributed by atoms with Crippen molar-refractivity contribution in [1.82, 2.24) is 25.2 Å². The van der Waals surface area contributed by atoms with Crippen LogP contribution in [0.1, 0.15) is 53.3 Å². The van der Waals surface area contributed by atoms with E-state index in [9.17, 15) is 4.79 Å². The lowest BCUT2D eigenvalue weighted by molar-refractivity contribution is 0.0831. The van der Waals surface area contributed by atoms with Gasteiger partial charge in [0.1, 0.15) is 5.82 Å². The number of hydrogen-bond acceptors (Lipinski definition) is 8. The van der Waals surface area contributed by atoms with Gasteiger partial charge in [-0.1, -0.05) is 12.8 Å². The van der Waals surface area contributed by atoms with Gasteiger partial charge in [-0.25, -0.2) is 15.0 Å².